The summed E-state index contributed by atoms with van der Waals surface area (Å²) >= 11 is 0. The van der Waals surface area contributed by atoms with Crippen molar-refractivity contribution in [3.8, 4) is 0 Å². The van der Waals surface area contributed by atoms with Crippen LogP contribution in [0.3, 0.4) is 0 Å². The van der Waals surface area contributed by atoms with Gasteiger partial charge < -0.3 is 10.5 Å². The van der Waals surface area contributed by atoms with Crippen LogP contribution in [0, 0.1) is 5.92 Å². The van der Waals surface area contributed by atoms with Gasteiger partial charge in [0.1, 0.15) is 0 Å². The topological polar surface area (TPSA) is 38.5 Å². The quantitative estimate of drug-likeness (QED) is 0.753. The Morgan fingerprint density at radius 3 is 2.45 bits per heavy atom. The minimum absolute atomic E-state index is 0.661. The molecule has 20 heavy (non-hydrogen) atoms. The lowest BCUT2D eigenvalue weighted by molar-refractivity contribution is 0.111. The van der Waals surface area contributed by atoms with Crippen molar-refractivity contribution in [1.82, 2.24) is 4.90 Å². The number of nitrogens with two attached hydrogens (primary N) is 1. The Labute approximate surface area is 123 Å². The van der Waals surface area contributed by atoms with Gasteiger partial charge in [-0.2, -0.15) is 0 Å². The van der Waals surface area contributed by atoms with Crippen LogP contribution in [-0.2, 0) is 17.7 Å². The van der Waals surface area contributed by atoms with E-state index in [0.717, 1.165) is 38.6 Å². The SMILES string of the molecule is COCCN(Cc1ccc(CCN)cc1)C(C)C1CC1. The van der Waals surface area contributed by atoms with Crippen LogP contribution in [0.2, 0.25) is 0 Å². The molecule has 112 valence electrons. The third-order valence-electron chi connectivity index (χ3n) is 4.30. The zero-order valence-corrected chi connectivity index (χ0v) is 12.8. The second-order valence-corrected chi connectivity index (χ2v) is 5.90. The van der Waals surface area contributed by atoms with Gasteiger partial charge in [0, 0.05) is 26.2 Å². The van der Waals surface area contributed by atoms with Gasteiger partial charge in [0.05, 0.1) is 6.61 Å². The molecule has 1 aromatic carbocycles. The monoisotopic (exact) mass is 276 g/mol. The zero-order valence-electron chi connectivity index (χ0n) is 12.8. The largest absolute Gasteiger partial charge is 0.383 e. The molecule has 0 aromatic heterocycles. The van der Waals surface area contributed by atoms with E-state index in [1.165, 1.54) is 24.0 Å². The van der Waals surface area contributed by atoms with E-state index in [0.29, 0.717) is 6.04 Å². The van der Waals surface area contributed by atoms with Crippen LogP contribution in [-0.4, -0.2) is 37.7 Å². The van der Waals surface area contributed by atoms with Crippen LogP contribution >= 0.6 is 0 Å². The molecular formula is C17H28N2O. The van der Waals surface area contributed by atoms with Crippen molar-refractivity contribution in [2.75, 3.05) is 26.8 Å². The standard InChI is InChI=1S/C17H28N2O/c1-14(17-7-8-17)19(11-12-20-2)13-16-5-3-15(4-6-16)9-10-18/h3-6,14,17H,7-13,18H2,1-2H3. The number of hydrogen-bond donors (Lipinski definition) is 1. The van der Waals surface area contributed by atoms with Crippen molar-refractivity contribution >= 4 is 0 Å². The summed E-state index contributed by atoms with van der Waals surface area (Å²) in [7, 11) is 1.78. The van der Waals surface area contributed by atoms with Crippen LogP contribution in [0.5, 0.6) is 0 Å². The predicted molar refractivity (Wildman–Crippen MR) is 83.7 cm³/mol. The summed E-state index contributed by atoms with van der Waals surface area (Å²) in [5.74, 6) is 0.892. The van der Waals surface area contributed by atoms with Crippen molar-refractivity contribution in [2.24, 2.45) is 11.7 Å². The molecule has 0 saturated heterocycles. The molecule has 0 amide bonds. The first kappa shape index (κ1) is 15.5. The lowest BCUT2D eigenvalue weighted by atomic mass is 10.1. The zero-order chi connectivity index (χ0) is 14.4. The first-order valence-corrected chi connectivity index (χ1v) is 7.75. The average molecular weight is 276 g/mol. The highest BCUT2D eigenvalue weighted by molar-refractivity contribution is 5.22. The molecule has 1 atom stereocenters. The Morgan fingerprint density at radius 2 is 1.90 bits per heavy atom. The molecule has 3 heteroatoms. The van der Waals surface area contributed by atoms with Crippen LogP contribution in [0.4, 0.5) is 0 Å². The molecule has 1 unspecified atom stereocenters. The van der Waals surface area contributed by atoms with E-state index in [1.807, 2.05) is 0 Å². The molecule has 0 heterocycles. The fourth-order valence-electron chi connectivity index (χ4n) is 2.72. The second kappa shape index (κ2) is 7.77. The molecule has 0 spiro atoms. The number of nitrogens with zero attached hydrogens (tertiary/aromatic N) is 1. The summed E-state index contributed by atoms with van der Waals surface area (Å²) in [6.07, 6.45) is 3.74. The van der Waals surface area contributed by atoms with Crippen LogP contribution in [0.25, 0.3) is 0 Å². The molecule has 1 aliphatic rings. The second-order valence-electron chi connectivity index (χ2n) is 5.90. The smallest absolute Gasteiger partial charge is 0.0589 e. The lowest BCUT2D eigenvalue weighted by Crippen LogP contribution is -2.36. The molecule has 2 N–H and O–H groups in total. The summed E-state index contributed by atoms with van der Waals surface area (Å²) in [5.41, 5.74) is 8.30. The molecule has 0 aliphatic heterocycles. The Morgan fingerprint density at radius 1 is 1.25 bits per heavy atom. The van der Waals surface area contributed by atoms with Gasteiger partial charge in [0.2, 0.25) is 0 Å². The van der Waals surface area contributed by atoms with Gasteiger partial charge in [0.25, 0.3) is 0 Å². The number of rotatable bonds is 9. The summed E-state index contributed by atoms with van der Waals surface area (Å²) < 4.78 is 5.26. The number of methoxy groups -OCH3 is 1. The van der Waals surface area contributed by atoms with Crippen LogP contribution in [0.15, 0.2) is 24.3 Å². The summed E-state index contributed by atoms with van der Waals surface area (Å²) in [6.45, 7) is 5.92. The first-order valence-electron chi connectivity index (χ1n) is 7.75. The molecule has 3 nitrogen and oxygen atoms in total. The third kappa shape index (κ3) is 4.58. The van der Waals surface area contributed by atoms with Gasteiger partial charge in [0.15, 0.2) is 0 Å². The summed E-state index contributed by atoms with van der Waals surface area (Å²) in [5, 5.41) is 0. The van der Waals surface area contributed by atoms with Gasteiger partial charge in [-0.3, -0.25) is 4.90 Å². The van der Waals surface area contributed by atoms with Gasteiger partial charge >= 0.3 is 0 Å². The van der Waals surface area contributed by atoms with Crippen molar-refractivity contribution in [3.05, 3.63) is 35.4 Å². The molecule has 2 rings (SSSR count). The van der Waals surface area contributed by atoms with Crippen LogP contribution < -0.4 is 5.73 Å². The molecule has 1 aromatic rings. The average Bonchev–Trinajstić information content (AvgIpc) is 3.29. The summed E-state index contributed by atoms with van der Waals surface area (Å²) in [4.78, 5) is 2.55. The number of hydrogen-bond acceptors (Lipinski definition) is 3. The molecule has 0 bridgehead atoms. The highest BCUT2D eigenvalue weighted by atomic mass is 16.5. The van der Waals surface area contributed by atoms with Gasteiger partial charge in [-0.25, -0.2) is 0 Å². The van der Waals surface area contributed by atoms with Gasteiger partial charge in [-0.05, 0) is 49.8 Å². The molecule has 0 radical (unpaired) electrons. The minimum atomic E-state index is 0.661. The van der Waals surface area contributed by atoms with E-state index >= 15 is 0 Å². The lowest BCUT2D eigenvalue weighted by Gasteiger charge is -2.29. The highest BCUT2D eigenvalue weighted by Crippen LogP contribution is 2.35. The minimum Gasteiger partial charge on any atom is -0.383 e. The van der Waals surface area contributed by atoms with Crippen molar-refractivity contribution in [1.29, 1.82) is 0 Å². The molecular weight excluding hydrogens is 248 g/mol. The fraction of sp³-hybridized carbons (Fsp3) is 0.647. The summed E-state index contributed by atoms with van der Waals surface area (Å²) in [6, 6.07) is 9.56. The third-order valence-corrected chi connectivity index (χ3v) is 4.30. The number of benzene rings is 1. The van der Waals surface area contributed by atoms with E-state index < -0.39 is 0 Å². The molecule has 1 fully saturated rings. The van der Waals surface area contributed by atoms with Crippen LogP contribution in [0.1, 0.15) is 30.9 Å². The maximum atomic E-state index is 5.59. The maximum absolute atomic E-state index is 5.59. The van der Waals surface area contributed by atoms with Gasteiger partial charge in [-0.1, -0.05) is 24.3 Å². The van der Waals surface area contributed by atoms with E-state index in [2.05, 4.69) is 36.1 Å². The Hall–Kier alpha value is -0.900. The Kier molecular flexibility index (Phi) is 6.02. The van der Waals surface area contributed by atoms with Crippen molar-refractivity contribution in [2.45, 2.75) is 38.8 Å². The Balaban J connectivity index is 1.94. The van der Waals surface area contributed by atoms with E-state index in [9.17, 15) is 0 Å². The Bertz CT molecular complexity index is 386. The predicted octanol–water partition coefficient (Wildman–Crippen LogP) is 2.43. The van der Waals surface area contributed by atoms with Gasteiger partial charge in [-0.15, -0.1) is 0 Å². The normalized spacial score (nSPS) is 16.6. The van der Waals surface area contributed by atoms with Crippen molar-refractivity contribution < 1.29 is 4.74 Å². The first-order chi connectivity index (χ1) is 9.74. The molecule has 1 aliphatic carbocycles. The highest BCUT2D eigenvalue weighted by Gasteiger charge is 2.31. The van der Waals surface area contributed by atoms with Crippen molar-refractivity contribution in [3.63, 3.8) is 0 Å². The fourth-order valence-corrected chi connectivity index (χ4v) is 2.72. The maximum Gasteiger partial charge on any atom is 0.0589 e. The van der Waals surface area contributed by atoms with E-state index in [4.69, 9.17) is 10.5 Å². The molecule has 1 saturated carbocycles. The number of ether oxygens (including phenoxy) is 1. The van der Waals surface area contributed by atoms with E-state index in [1.54, 1.807) is 7.11 Å². The van der Waals surface area contributed by atoms with E-state index in [-0.39, 0.29) is 0 Å².